The van der Waals surface area contributed by atoms with Gasteiger partial charge in [0.05, 0.1) is 5.71 Å². The second kappa shape index (κ2) is 2.98. The molecule has 1 atom stereocenters. The highest BCUT2D eigenvalue weighted by molar-refractivity contribution is 5.97. The largest absolute Gasteiger partial charge is 0.399 e. The van der Waals surface area contributed by atoms with Gasteiger partial charge < -0.3 is 4.84 Å². The lowest BCUT2D eigenvalue weighted by molar-refractivity contribution is 0.181. The predicted octanol–water partition coefficient (Wildman–Crippen LogP) is 3.23. The standard InChI is InChI=1S/C12H21NO/c1-9-5-6-12(7-8-12)10(13-14-4)11(9,2)3/h9H,5-8H2,1-4H3/b13-10-. The van der Waals surface area contributed by atoms with Crippen molar-refractivity contribution >= 4 is 5.71 Å². The summed E-state index contributed by atoms with van der Waals surface area (Å²) in [7, 11) is 1.67. The molecular formula is C12H21NO. The van der Waals surface area contributed by atoms with E-state index in [1.807, 2.05) is 0 Å². The van der Waals surface area contributed by atoms with E-state index in [0.29, 0.717) is 5.41 Å². The molecule has 0 aromatic rings. The van der Waals surface area contributed by atoms with Crippen molar-refractivity contribution in [1.82, 2.24) is 0 Å². The van der Waals surface area contributed by atoms with Crippen molar-refractivity contribution < 1.29 is 4.84 Å². The highest BCUT2D eigenvalue weighted by Gasteiger charge is 2.56. The highest BCUT2D eigenvalue weighted by atomic mass is 16.6. The lowest BCUT2D eigenvalue weighted by Gasteiger charge is -2.42. The van der Waals surface area contributed by atoms with Gasteiger partial charge >= 0.3 is 0 Å². The molecule has 2 nitrogen and oxygen atoms in total. The summed E-state index contributed by atoms with van der Waals surface area (Å²) in [5.74, 6) is 0.725. The topological polar surface area (TPSA) is 21.6 Å². The maximum Gasteiger partial charge on any atom is 0.106 e. The third-order valence-electron chi connectivity index (χ3n) is 4.44. The number of nitrogens with zero attached hydrogens (tertiary/aromatic N) is 1. The number of oxime groups is 1. The van der Waals surface area contributed by atoms with Crippen molar-refractivity contribution in [3.63, 3.8) is 0 Å². The molecule has 0 aliphatic heterocycles. The third-order valence-corrected chi connectivity index (χ3v) is 4.44. The minimum Gasteiger partial charge on any atom is -0.399 e. The predicted molar refractivity (Wildman–Crippen MR) is 58.3 cm³/mol. The molecule has 80 valence electrons. The summed E-state index contributed by atoms with van der Waals surface area (Å²) in [4.78, 5) is 5.03. The van der Waals surface area contributed by atoms with E-state index < -0.39 is 0 Å². The monoisotopic (exact) mass is 195 g/mol. The van der Waals surface area contributed by atoms with Gasteiger partial charge in [-0.25, -0.2) is 0 Å². The molecule has 0 aromatic heterocycles. The summed E-state index contributed by atoms with van der Waals surface area (Å²) in [6.45, 7) is 6.96. The average Bonchev–Trinajstić information content (AvgIpc) is 2.89. The van der Waals surface area contributed by atoms with Crippen LogP contribution in [0.5, 0.6) is 0 Å². The van der Waals surface area contributed by atoms with E-state index in [1.54, 1.807) is 7.11 Å². The van der Waals surface area contributed by atoms with E-state index in [0.717, 1.165) is 5.92 Å². The highest BCUT2D eigenvalue weighted by Crippen LogP contribution is 2.60. The molecule has 0 aromatic carbocycles. The van der Waals surface area contributed by atoms with E-state index in [9.17, 15) is 0 Å². The van der Waals surface area contributed by atoms with Gasteiger partial charge in [0.25, 0.3) is 0 Å². The minimum absolute atomic E-state index is 0.227. The van der Waals surface area contributed by atoms with E-state index in [1.165, 1.54) is 31.4 Å². The lowest BCUT2D eigenvalue weighted by Crippen LogP contribution is -2.42. The third kappa shape index (κ3) is 1.27. The second-order valence-corrected chi connectivity index (χ2v) is 5.56. The van der Waals surface area contributed by atoms with Crippen LogP contribution in [-0.2, 0) is 4.84 Å². The van der Waals surface area contributed by atoms with Gasteiger partial charge in [0, 0.05) is 10.8 Å². The van der Waals surface area contributed by atoms with Crippen LogP contribution < -0.4 is 0 Å². The Hall–Kier alpha value is -0.530. The molecular weight excluding hydrogens is 174 g/mol. The van der Waals surface area contributed by atoms with Crippen LogP contribution in [0, 0.1) is 16.7 Å². The first-order chi connectivity index (χ1) is 6.53. The van der Waals surface area contributed by atoms with Crippen LogP contribution >= 0.6 is 0 Å². The number of hydrogen-bond donors (Lipinski definition) is 0. The van der Waals surface area contributed by atoms with E-state index in [-0.39, 0.29) is 5.41 Å². The van der Waals surface area contributed by atoms with Gasteiger partial charge in [-0.15, -0.1) is 0 Å². The summed E-state index contributed by atoms with van der Waals surface area (Å²) in [6, 6.07) is 0. The SMILES string of the molecule is CO/N=C1\C2(CCC(C)C1(C)C)CC2. The normalized spacial score (nSPS) is 36.0. The number of rotatable bonds is 1. The maximum absolute atomic E-state index is 5.03. The Labute approximate surface area is 86.7 Å². The molecule has 2 aliphatic carbocycles. The summed E-state index contributed by atoms with van der Waals surface area (Å²) >= 11 is 0. The van der Waals surface area contributed by atoms with Gasteiger partial charge in [0.2, 0.25) is 0 Å². The van der Waals surface area contributed by atoms with E-state index in [2.05, 4.69) is 25.9 Å². The van der Waals surface area contributed by atoms with Gasteiger partial charge in [-0.3, -0.25) is 0 Å². The van der Waals surface area contributed by atoms with Gasteiger partial charge in [-0.1, -0.05) is 25.9 Å². The lowest BCUT2D eigenvalue weighted by atomic mass is 9.63. The quantitative estimate of drug-likeness (QED) is 0.589. The molecule has 2 rings (SSSR count). The molecule has 0 heterocycles. The molecule has 2 heteroatoms. The fourth-order valence-electron chi connectivity index (χ4n) is 2.83. The van der Waals surface area contributed by atoms with Crippen molar-refractivity contribution in [2.24, 2.45) is 21.9 Å². The van der Waals surface area contributed by atoms with Gasteiger partial charge in [0.1, 0.15) is 7.11 Å². The van der Waals surface area contributed by atoms with Gasteiger partial charge in [-0.05, 0) is 31.6 Å². The van der Waals surface area contributed by atoms with Crippen LogP contribution in [0.15, 0.2) is 5.16 Å². The summed E-state index contributed by atoms with van der Waals surface area (Å²) in [5, 5.41) is 4.32. The van der Waals surface area contributed by atoms with Crippen LogP contribution in [0.2, 0.25) is 0 Å². The van der Waals surface area contributed by atoms with Crippen LogP contribution in [0.3, 0.4) is 0 Å². The Morgan fingerprint density at radius 1 is 1.29 bits per heavy atom. The fraction of sp³-hybridized carbons (Fsp3) is 0.917. The Balaban J connectivity index is 2.32. The van der Waals surface area contributed by atoms with Crippen molar-refractivity contribution in [2.75, 3.05) is 7.11 Å². The Morgan fingerprint density at radius 3 is 2.43 bits per heavy atom. The molecule has 2 fully saturated rings. The Kier molecular flexibility index (Phi) is 2.13. The molecule has 1 spiro atoms. The van der Waals surface area contributed by atoms with Crippen molar-refractivity contribution in [1.29, 1.82) is 0 Å². The average molecular weight is 195 g/mol. The Bertz CT molecular complexity index is 263. The molecule has 0 bridgehead atoms. The Morgan fingerprint density at radius 2 is 1.93 bits per heavy atom. The molecule has 2 aliphatic rings. The molecule has 14 heavy (non-hydrogen) atoms. The van der Waals surface area contributed by atoms with Crippen molar-refractivity contribution in [3.05, 3.63) is 0 Å². The minimum atomic E-state index is 0.227. The fourth-order valence-corrected chi connectivity index (χ4v) is 2.83. The van der Waals surface area contributed by atoms with Crippen LogP contribution in [0.1, 0.15) is 46.5 Å². The number of hydrogen-bond acceptors (Lipinski definition) is 2. The summed E-state index contributed by atoms with van der Waals surface area (Å²) in [6.07, 6.45) is 5.31. The van der Waals surface area contributed by atoms with Crippen molar-refractivity contribution in [2.45, 2.75) is 46.5 Å². The van der Waals surface area contributed by atoms with Gasteiger partial charge in [0.15, 0.2) is 0 Å². The van der Waals surface area contributed by atoms with E-state index in [4.69, 9.17) is 4.84 Å². The smallest absolute Gasteiger partial charge is 0.106 e. The molecule has 0 saturated heterocycles. The molecule has 1 unspecified atom stereocenters. The summed E-state index contributed by atoms with van der Waals surface area (Å²) in [5.41, 5.74) is 1.99. The summed E-state index contributed by atoms with van der Waals surface area (Å²) < 4.78 is 0. The van der Waals surface area contributed by atoms with Crippen LogP contribution in [0.25, 0.3) is 0 Å². The first-order valence-electron chi connectivity index (χ1n) is 5.65. The van der Waals surface area contributed by atoms with Crippen LogP contribution in [-0.4, -0.2) is 12.8 Å². The van der Waals surface area contributed by atoms with Gasteiger partial charge in [-0.2, -0.15) is 0 Å². The first-order valence-corrected chi connectivity index (χ1v) is 5.65. The first kappa shape index (κ1) is 10.0. The zero-order chi connectivity index (χ0) is 10.4. The molecule has 2 saturated carbocycles. The van der Waals surface area contributed by atoms with Crippen molar-refractivity contribution in [3.8, 4) is 0 Å². The zero-order valence-electron chi connectivity index (χ0n) is 9.76. The maximum atomic E-state index is 5.03. The molecule has 0 N–H and O–H groups in total. The second-order valence-electron chi connectivity index (χ2n) is 5.56. The molecule has 0 radical (unpaired) electrons. The molecule has 0 amide bonds. The van der Waals surface area contributed by atoms with E-state index >= 15 is 0 Å². The van der Waals surface area contributed by atoms with Crippen LogP contribution in [0.4, 0.5) is 0 Å². The zero-order valence-corrected chi connectivity index (χ0v) is 9.76.